The summed E-state index contributed by atoms with van der Waals surface area (Å²) < 4.78 is 0. The number of aliphatic imine (C=N–C) groups is 1. The minimum absolute atomic E-state index is 0.273. The number of fused-ring (bicyclic) bond motifs is 1. The van der Waals surface area contributed by atoms with Gasteiger partial charge in [0.1, 0.15) is 23.2 Å². The standard InChI is InChI=1S/C26H33N5P/c1-19-17-26(2,31-25(29)30-24(27)28)22-15-9-10-16-23(22)32(18-19,20-11-5-3-6-12-20)21-13-7-4-8-14-21/h3-16,19,24H,17-18,27-28H2,1-2H3,(H3,29,30,31)/q+1. The van der Waals surface area contributed by atoms with E-state index in [9.17, 15) is 0 Å². The first-order valence-electron chi connectivity index (χ1n) is 11.1. The fraction of sp³-hybridized carbons (Fsp3) is 0.269. The molecule has 7 N–H and O–H groups in total. The van der Waals surface area contributed by atoms with Crippen molar-refractivity contribution in [2.24, 2.45) is 28.1 Å². The van der Waals surface area contributed by atoms with Gasteiger partial charge in [0.15, 0.2) is 12.2 Å². The van der Waals surface area contributed by atoms with Crippen LogP contribution in [0, 0.1) is 5.92 Å². The molecule has 0 aliphatic carbocycles. The fourth-order valence-corrected chi connectivity index (χ4v) is 10.3. The summed E-state index contributed by atoms with van der Waals surface area (Å²) in [6, 6.07) is 30.8. The van der Waals surface area contributed by atoms with Crippen molar-refractivity contribution in [1.82, 2.24) is 5.32 Å². The molecule has 166 valence electrons. The molecule has 0 spiro atoms. The normalized spacial score (nSPS) is 22.8. The average molecular weight is 447 g/mol. The molecule has 32 heavy (non-hydrogen) atoms. The molecule has 6 heteroatoms. The highest BCUT2D eigenvalue weighted by atomic mass is 31.2. The van der Waals surface area contributed by atoms with Crippen molar-refractivity contribution in [1.29, 1.82) is 0 Å². The van der Waals surface area contributed by atoms with Crippen LogP contribution in [0.4, 0.5) is 0 Å². The predicted octanol–water partition coefficient (Wildman–Crippen LogP) is 2.34. The van der Waals surface area contributed by atoms with Crippen LogP contribution >= 0.6 is 7.26 Å². The SMILES string of the molecule is CC1CC(C)(NC(N)=NC(N)N)c2ccccc2[P+](c2ccccc2)(c2ccccc2)C1. The van der Waals surface area contributed by atoms with Gasteiger partial charge >= 0.3 is 0 Å². The van der Waals surface area contributed by atoms with E-state index in [0.717, 1.165) is 12.6 Å². The molecule has 0 amide bonds. The molecule has 0 fully saturated rings. The lowest BCUT2D eigenvalue weighted by atomic mass is 9.84. The molecule has 1 aliphatic heterocycles. The van der Waals surface area contributed by atoms with E-state index in [-0.39, 0.29) is 5.96 Å². The van der Waals surface area contributed by atoms with Crippen molar-refractivity contribution in [2.45, 2.75) is 32.1 Å². The van der Waals surface area contributed by atoms with Crippen LogP contribution < -0.4 is 38.4 Å². The number of rotatable bonds is 4. The van der Waals surface area contributed by atoms with E-state index in [4.69, 9.17) is 17.2 Å². The first-order chi connectivity index (χ1) is 15.3. The third-order valence-corrected chi connectivity index (χ3v) is 11.1. The summed E-state index contributed by atoms with van der Waals surface area (Å²) in [5, 5.41) is 7.68. The highest BCUT2D eigenvalue weighted by Gasteiger charge is 2.53. The van der Waals surface area contributed by atoms with Crippen LogP contribution in [0.5, 0.6) is 0 Å². The zero-order valence-electron chi connectivity index (χ0n) is 18.8. The molecule has 0 bridgehead atoms. The molecule has 4 rings (SSSR count). The van der Waals surface area contributed by atoms with E-state index in [1.54, 1.807) is 0 Å². The van der Waals surface area contributed by atoms with Gasteiger partial charge in [-0.15, -0.1) is 0 Å². The second-order valence-corrected chi connectivity index (χ2v) is 12.5. The molecule has 3 aromatic rings. The maximum absolute atomic E-state index is 6.22. The predicted molar refractivity (Wildman–Crippen MR) is 138 cm³/mol. The number of nitrogens with one attached hydrogen (secondary N) is 1. The molecule has 1 heterocycles. The summed E-state index contributed by atoms with van der Waals surface area (Å²) in [5.41, 5.74) is 18.4. The monoisotopic (exact) mass is 446 g/mol. The zero-order chi connectivity index (χ0) is 22.8. The Morgan fingerprint density at radius 2 is 1.47 bits per heavy atom. The van der Waals surface area contributed by atoms with Gasteiger partial charge in [-0.1, -0.05) is 61.5 Å². The van der Waals surface area contributed by atoms with Crippen LogP contribution in [0.1, 0.15) is 25.8 Å². The Hall–Kier alpha value is -2.72. The summed E-state index contributed by atoms with van der Waals surface area (Å²) in [6.07, 6.45) is 1.16. The van der Waals surface area contributed by atoms with Crippen molar-refractivity contribution in [3.05, 3.63) is 90.5 Å². The van der Waals surface area contributed by atoms with Crippen LogP contribution in [0.25, 0.3) is 0 Å². The van der Waals surface area contributed by atoms with E-state index in [1.165, 1.54) is 21.5 Å². The van der Waals surface area contributed by atoms with Crippen molar-refractivity contribution in [2.75, 3.05) is 6.16 Å². The van der Waals surface area contributed by atoms with E-state index in [0.29, 0.717) is 5.92 Å². The number of hydrogen-bond donors (Lipinski definition) is 4. The van der Waals surface area contributed by atoms with Gasteiger partial charge in [-0.3, -0.25) is 11.5 Å². The Balaban J connectivity index is 1.99. The van der Waals surface area contributed by atoms with Gasteiger partial charge in [0.25, 0.3) is 0 Å². The Morgan fingerprint density at radius 3 is 2.03 bits per heavy atom. The summed E-state index contributed by atoms with van der Waals surface area (Å²) in [6.45, 7) is 4.55. The van der Waals surface area contributed by atoms with Crippen LogP contribution in [-0.2, 0) is 5.54 Å². The van der Waals surface area contributed by atoms with E-state index >= 15 is 0 Å². The van der Waals surface area contributed by atoms with Gasteiger partial charge in [-0.2, -0.15) is 0 Å². The largest absolute Gasteiger partial charge is 0.370 e. The molecule has 1 aliphatic rings. The molecular weight excluding hydrogens is 413 g/mol. The van der Waals surface area contributed by atoms with Gasteiger partial charge in [0.2, 0.25) is 0 Å². The lowest BCUT2D eigenvalue weighted by Gasteiger charge is -2.33. The van der Waals surface area contributed by atoms with Crippen LogP contribution in [0.15, 0.2) is 89.9 Å². The van der Waals surface area contributed by atoms with Gasteiger partial charge in [-0.25, -0.2) is 4.99 Å². The second kappa shape index (κ2) is 9.03. The first-order valence-corrected chi connectivity index (χ1v) is 13.0. The summed E-state index contributed by atoms with van der Waals surface area (Å²) in [5.74, 6) is 0.711. The van der Waals surface area contributed by atoms with Gasteiger partial charge < -0.3 is 11.1 Å². The van der Waals surface area contributed by atoms with Crippen molar-refractivity contribution >= 4 is 29.1 Å². The summed E-state index contributed by atoms with van der Waals surface area (Å²) >= 11 is 0. The highest BCUT2D eigenvalue weighted by Crippen LogP contribution is 2.60. The molecule has 0 saturated carbocycles. The van der Waals surface area contributed by atoms with Crippen LogP contribution in [0.2, 0.25) is 0 Å². The molecule has 0 saturated heterocycles. The van der Waals surface area contributed by atoms with Crippen LogP contribution in [-0.4, -0.2) is 18.4 Å². The lowest BCUT2D eigenvalue weighted by molar-refractivity contribution is 0.348. The number of benzene rings is 3. The van der Waals surface area contributed by atoms with E-state index < -0.39 is 19.1 Å². The lowest BCUT2D eigenvalue weighted by Crippen LogP contribution is -2.50. The third kappa shape index (κ3) is 4.16. The topological polar surface area (TPSA) is 102 Å². The smallest absolute Gasteiger partial charge is 0.192 e. The Morgan fingerprint density at radius 1 is 0.938 bits per heavy atom. The molecule has 2 atom stereocenters. The molecule has 3 aromatic carbocycles. The third-order valence-electron chi connectivity index (χ3n) is 6.34. The highest BCUT2D eigenvalue weighted by molar-refractivity contribution is 7.95. The van der Waals surface area contributed by atoms with Crippen molar-refractivity contribution in [3.63, 3.8) is 0 Å². The average Bonchev–Trinajstić information content (AvgIpc) is 2.87. The summed E-state index contributed by atoms with van der Waals surface area (Å²) in [7, 11) is -1.91. The first kappa shape index (κ1) is 22.5. The maximum atomic E-state index is 6.22. The Labute approximate surface area is 191 Å². The number of guanidine groups is 1. The molecule has 0 radical (unpaired) electrons. The number of hydrogen-bond acceptors (Lipinski definition) is 3. The summed E-state index contributed by atoms with van der Waals surface area (Å²) in [4.78, 5) is 4.15. The van der Waals surface area contributed by atoms with Gasteiger partial charge in [-0.05, 0) is 49.6 Å². The molecular formula is C26H33N5P+. The van der Waals surface area contributed by atoms with Crippen molar-refractivity contribution in [3.8, 4) is 0 Å². The van der Waals surface area contributed by atoms with Gasteiger partial charge in [0, 0.05) is 5.56 Å². The van der Waals surface area contributed by atoms with Crippen LogP contribution in [0.3, 0.4) is 0 Å². The zero-order valence-corrected chi connectivity index (χ0v) is 19.7. The minimum atomic E-state index is -1.91. The van der Waals surface area contributed by atoms with Gasteiger partial charge in [0.05, 0.1) is 11.7 Å². The van der Waals surface area contributed by atoms with Crippen molar-refractivity contribution < 1.29 is 0 Å². The number of nitrogens with zero attached hydrogens (tertiary/aromatic N) is 1. The quantitative estimate of drug-likeness (QED) is 0.214. The fourth-order valence-electron chi connectivity index (χ4n) is 5.31. The maximum Gasteiger partial charge on any atom is 0.192 e. The minimum Gasteiger partial charge on any atom is -0.370 e. The molecule has 5 nitrogen and oxygen atoms in total. The Kier molecular flexibility index (Phi) is 6.34. The molecule has 2 unspecified atom stereocenters. The van der Waals surface area contributed by atoms with E-state index in [1.807, 2.05) is 0 Å². The Bertz CT molecular complexity index is 1040. The van der Waals surface area contributed by atoms with E-state index in [2.05, 4.69) is 109 Å². The number of nitrogens with two attached hydrogens (primary N) is 3. The molecule has 0 aromatic heterocycles. The second-order valence-electron chi connectivity index (χ2n) is 8.95.